The van der Waals surface area contributed by atoms with Crippen molar-refractivity contribution in [1.82, 2.24) is 9.97 Å². The van der Waals surface area contributed by atoms with E-state index in [1.165, 1.54) is 31.3 Å². The van der Waals surface area contributed by atoms with Crippen molar-refractivity contribution < 1.29 is 17.6 Å². The standard InChI is InChI=1S/C20H20FN3O3S2/c1-12(2)17-19(29(26,27)13(3)14-8-4-5-9-15(14)21)28-20(23-17)24-18(25)16-10-6-7-11-22-16/h4-13H,1-3H3,(H,23,24,25). The van der Waals surface area contributed by atoms with Gasteiger partial charge in [-0.1, -0.05) is 49.4 Å². The van der Waals surface area contributed by atoms with Crippen LogP contribution in [0.15, 0.2) is 52.9 Å². The first kappa shape index (κ1) is 21.1. The van der Waals surface area contributed by atoms with E-state index in [0.29, 0.717) is 5.69 Å². The molecule has 0 spiro atoms. The topological polar surface area (TPSA) is 89.0 Å². The minimum atomic E-state index is -3.92. The van der Waals surface area contributed by atoms with Crippen molar-refractivity contribution in [1.29, 1.82) is 0 Å². The fourth-order valence-electron chi connectivity index (χ4n) is 2.73. The minimum Gasteiger partial charge on any atom is -0.296 e. The fraction of sp³-hybridized carbons (Fsp3) is 0.250. The van der Waals surface area contributed by atoms with Crippen LogP contribution in [0.5, 0.6) is 0 Å². The van der Waals surface area contributed by atoms with Crippen LogP contribution in [0.4, 0.5) is 9.52 Å². The summed E-state index contributed by atoms with van der Waals surface area (Å²) in [5.74, 6) is -1.27. The first-order chi connectivity index (χ1) is 13.7. The van der Waals surface area contributed by atoms with E-state index in [4.69, 9.17) is 0 Å². The van der Waals surface area contributed by atoms with E-state index in [2.05, 4.69) is 15.3 Å². The molecule has 3 aromatic rings. The number of nitrogens with one attached hydrogen (secondary N) is 1. The number of benzene rings is 1. The van der Waals surface area contributed by atoms with Crippen molar-refractivity contribution in [3.05, 3.63) is 71.4 Å². The SMILES string of the molecule is CC(C)c1nc(NC(=O)c2ccccn2)sc1S(=O)(=O)C(C)c1ccccc1F. The normalized spacial score (nSPS) is 12.7. The molecule has 0 saturated carbocycles. The lowest BCUT2D eigenvalue weighted by atomic mass is 10.1. The molecule has 9 heteroatoms. The van der Waals surface area contributed by atoms with E-state index in [1.807, 2.05) is 13.8 Å². The van der Waals surface area contributed by atoms with E-state index in [9.17, 15) is 17.6 Å². The summed E-state index contributed by atoms with van der Waals surface area (Å²) in [6.45, 7) is 5.07. The Kier molecular flexibility index (Phi) is 6.09. The number of sulfone groups is 1. The minimum absolute atomic E-state index is 0.0274. The summed E-state index contributed by atoms with van der Waals surface area (Å²) in [6, 6.07) is 10.7. The smallest absolute Gasteiger partial charge is 0.276 e. The lowest BCUT2D eigenvalue weighted by Gasteiger charge is -2.14. The van der Waals surface area contributed by atoms with Gasteiger partial charge in [0.15, 0.2) is 15.0 Å². The molecule has 0 aliphatic carbocycles. The average Bonchev–Trinajstić information content (AvgIpc) is 3.13. The number of amides is 1. The van der Waals surface area contributed by atoms with Gasteiger partial charge in [-0.3, -0.25) is 15.1 Å². The Bertz CT molecular complexity index is 1130. The zero-order chi connectivity index (χ0) is 21.2. The van der Waals surface area contributed by atoms with E-state index >= 15 is 0 Å². The number of hydrogen-bond acceptors (Lipinski definition) is 6. The van der Waals surface area contributed by atoms with Gasteiger partial charge in [-0.15, -0.1) is 0 Å². The maximum atomic E-state index is 14.2. The van der Waals surface area contributed by atoms with Crippen molar-refractivity contribution in [2.45, 2.75) is 36.1 Å². The van der Waals surface area contributed by atoms with Crippen LogP contribution in [0.25, 0.3) is 0 Å². The number of rotatable bonds is 6. The summed E-state index contributed by atoms with van der Waals surface area (Å²) in [5, 5.41) is 1.66. The molecule has 0 aliphatic rings. The highest BCUT2D eigenvalue weighted by Crippen LogP contribution is 2.39. The highest BCUT2D eigenvalue weighted by Gasteiger charge is 2.33. The number of aromatic nitrogens is 2. The van der Waals surface area contributed by atoms with Crippen LogP contribution in [0, 0.1) is 5.82 Å². The van der Waals surface area contributed by atoms with Crippen LogP contribution in [-0.4, -0.2) is 24.3 Å². The van der Waals surface area contributed by atoms with E-state index < -0.39 is 26.8 Å². The first-order valence-electron chi connectivity index (χ1n) is 8.93. The molecular formula is C20H20FN3O3S2. The average molecular weight is 434 g/mol. The quantitative estimate of drug-likeness (QED) is 0.614. The molecule has 2 aromatic heterocycles. The van der Waals surface area contributed by atoms with Gasteiger partial charge in [-0.05, 0) is 31.0 Å². The molecule has 2 heterocycles. The van der Waals surface area contributed by atoms with Crippen LogP contribution >= 0.6 is 11.3 Å². The second-order valence-corrected chi connectivity index (χ2v) is 10.2. The summed E-state index contributed by atoms with van der Waals surface area (Å²) in [7, 11) is -3.92. The molecule has 3 rings (SSSR count). The van der Waals surface area contributed by atoms with Crippen molar-refractivity contribution in [3.8, 4) is 0 Å². The highest BCUT2D eigenvalue weighted by atomic mass is 32.2. The molecule has 152 valence electrons. The Morgan fingerprint density at radius 3 is 2.41 bits per heavy atom. The van der Waals surface area contributed by atoms with Crippen LogP contribution in [0.1, 0.15) is 53.7 Å². The van der Waals surface area contributed by atoms with Crippen molar-refractivity contribution in [2.75, 3.05) is 5.32 Å². The Labute approximate surface area is 172 Å². The number of carbonyl (C=O) groups is 1. The number of pyridine rings is 1. The van der Waals surface area contributed by atoms with Gasteiger partial charge in [0, 0.05) is 11.8 Å². The monoisotopic (exact) mass is 433 g/mol. The van der Waals surface area contributed by atoms with Gasteiger partial charge in [0.25, 0.3) is 5.91 Å². The molecule has 1 aromatic carbocycles. The summed E-state index contributed by atoms with van der Waals surface area (Å²) >= 11 is 0.865. The zero-order valence-corrected chi connectivity index (χ0v) is 17.7. The number of carbonyl (C=O) groups excluding carboxylic acids is 1. The van der Waals surface area contributed by atoms with Crippen LogP contribution < -0.4 is 5.32 Å². The highest BCUT2D eigenvalue weighted by molar-refractivity contribution is 7.93. The molecule has 0 bridgehead atoms. The maximum Gasteiger partial charge on any atom is 0.276 e. The van der Waals surface area contributed by atoms with E-state index in [1.54, 1.807) is 24.3 Å². The molecule has 1 amide bonds. The van der Waals surface area contributed by atoms with Crippen molar-refractivity contribution in [3.63, 3.8) is 0 Å². The molecule has 0 fully saturated rings. The van der Waals surface area contributed by atoms with Gasteiger partial charge in [-0.25, -0.2) is 17.8 Å². The number of anilines is 1. The Morgan fingerprint density at radius 2 is 1.79 bits per heavy atom. The van der Waals surface area contributed by atoms with E-state index in [-0.39, 0.29) is 26.5 Å². The molecule has 0 aliphatic heterocycles. The first-order valence-corrected chi connectivity index (χ1v) is 11.3. The number of hydrogen-bond donors (Lipinski definition) is 1. The Balaban J connectivity index is 1.98. The van der Waals surface area contributed by atoms with Gasteiger partial charge in [0.1, 0.15) is 15.7 Å². The predicted molar refractivity (Wildman–Crippen MR) is 110 cm³/mol. The van der Waals surface area contributed by atoms with Gasteiger partial charge in [-0.2, -0.15) is 0 Å². The third kappa shape index (κ3) is 4.35. The van der Waals surface area contributed by atoms with Crippen LogP contribution in [0.3, 0.4) is 0 Å². The molecular weight excluding hydrogens is 413 g/mol. The molecule has 6 nitrogen and oxygen atoms in total. The molecule has 1 N–H and O–H groups in total. The largest absolute Gasteiger partial charge is 0.296 e. The third-order valence-electron chi connectivity index (χ3n) is 4.35. The van der Waals surface area contributed by atoms with Crippen LogP contribution in [0.2, 0.25) is 0 Å². The fourth-order valence-corrected chi connectivity index (χ4v) is 6.13. The summed E-state index contributed by atoms with van der Waals surface area (Å²) in [6.07, 6.45) is 1.49. The number of thiazole rings is 1. The van der Waals surface area contributed by atoms with Gasteiger partial charge < -0.3 is 0 Å². The Morgan fingerprint density at radius 1 is 1.10 bits per heavy atom. The number of halogens is 1. The predicted octanol–water partition coefficient (Wildman–Crippen LogP) is 4.59. The van der Waals surface area contributed by atoms with Gasteiger partial charge in [0.05, 0.1) is 10.9 Å². The molecule has 0 saturated heterocycles. The lowest BCUT2D eigenvalue weighted by molar-refractivity contribution is 0.102. The lowest BCUT2D eigenvalue weighted by Crippen LogP contribution is -2.13. The van der Waals surface area contributed by atoms with E-state index in [0.717, 1.165) is 11.3 Å². The van der Waals surface area contributed by atoms with Crippen LogP contribution in [-0.2, 0) is 9.84 Å². The summed E-state index contributed by atoms with van der Waals surface area (Å²) in [4.78, 5) is 20.6. The second kappa shape index (κ2) is 8.38. The van der Waals surface area contributed by atoms with Crippen molar-refractivity contribution in [2.24, 2.45) is 0 Å². The Hall–Kier alpha value is -2.65. The number of nitrogens with zero attached hydrogens (tertiary/aromatic N) is 2. The van der Waals surface area contributed by atoms with Gasteiger partial charge in [0.2, 0.25) is 0 Å². The zero-order valence-electron chi connectivity index (χ0n) is 16.1. The van der Waals surface area contributed by atoms with Crippen molar-refractivity contribution >= 4 is 32.2 Å². The molecule has 0 radical (unpaired) electrons. The maximum absolute atomic E-state index is 14.2. The second-order valence-electron chi connectivity index (χ2n) is 6.72. The molecule has 1 atom stereocenters. The summed E-state index contributed by atoms with van der Waals surface area (Å²) in [5.41, 5.74) is 0.627. The third-order valence-corrected chi connectivity index (χ3v) is 7.99. The summed E-state index contributed by atoms with van der Waals surface area (Å²) < 4.78 is 40.7. The molecule has 1 unspecified atom stereocenters. The van der Waals surface area contributed by atoms with Gasteiger partial charge >= 0.3 is 0 Å². The molecule has 29 heavy (non-hydrogen) atoms.